The first-order valence-corrected chi connectivity index (χ1v) is 6.66. The van der Waals surface area contributed by atoms with E-state index in [9.17, 15) is 0 Å². The number of halogens is 1. The van der Waals surface area contributed by atoms with Crippen LogP contribution in [0.15, 0.2) is 35.3 Å². The van der Waals surface area contributed by atoms with E-state index in [0.717, 1.165) is 25.7 Å². The molecule has 1 N–H and O–H groups in total. The van der Waals surface area contributed by atoms with Crippen molar-refractivity contribution in [2.75, 3.05) is 33.9 Å². The Morgan fingerprint density at radius 1 is 1.30 bits per heavy atom. The lowest BCUT2D eigenvalue weighted by atomic mass is 9.89. The van der Waals surface area contributed by atoms with Crippen LogP contribution in [0, 0.1) is 5.41 Å². The summed E-state index contributed by atoms with van der Waals surface area (Å²) in [7, 11) is 4.02. The van der Waals surface area contributed by atoms with Gasteiger partial charge in [-0.1, -0.05) is 37.3 Å². The normalized spacial score (nSPS) is 16.9. The SMILES string of the molecule is CN(C)C(=NCc1ccccc1)NCC1(C)COC1.I. The molecule has 0 aliphatic carbocycles. The summed E-state index contributed by atoms with van der Waals surface area (Å²) < 4.78 is 5.27. The Labute approximate surface area is 138 Å². The maximum Gasteiger partial charge on any atom is 0.193 e. The number of rotatable bonds is 4. The summed E-state index contributed by atoms with van der Waals surface area (Å²) in [6.45, 7) is 5.50. The van der Waals surface area contributed by atoms with Crippen molar-refractivity contribution in [2.45, 2.75) is 13.5 Å². The second-order valence-corrected chi connectivity index (χ2v) is 5.68. The number of nitrogens with zero attached hydrogens (tertiary/aromatic N) is 2. The highest BCUT2D eigenvalue weighted by Crippen LogP contribution is 2.25. The number of guanidine groups is 1. The number of hydrogen-bond acceptors (Lipinski definition) is 2. The third-order valence-electron chi connectivity index (χ3n) is 3.25. The summed E-state index contributed by atoms with van der Waals surface area (Å²) in [6.07, 6.45) is 0. The molecule has 5 heteroatoms. The van der Waals surface area contributed by atoms with Gasteiger partial charge in [-0.3, -0.25) is 0 Å². The van der Waals surface area contributed by atoms with Crippen molar-refractivity contribution in [3.63, 3.8) is 0 Å². The van der Waals surface area contributed by atoms with Gasteiger partial charge in [-0.25, -0.2) is 4.99 Å². The van der Waals surface area contributed by atoms with E-state index in [4.69, 9.17) is 4.74 Å². The molecule has 1 aliphatic rings. The fourth-order valence-electron chi connectivity index (χ4n) is 1.95. The minimum atomic E-state index is 0. The lowest BCUT2D eigenvalue weighted by Gasteiger charge is -2.38. The van der Waals surface area contributed by atoms with Crippen LogP contribution in [0.1, 0.15) is 12.5 Å². The van der Waals surface area contributed by atoms with Crippen molar-refractivity contribution in [3.05, 3.63) is 35.9 Å². The molecule has 0 unspecified atom stereocenters. The first-order valence-electron chi connectivity index (χ1n) is 6.66. The van der Waals surface area contributed by atoms with Gasteiger partial charge in [0, 0.05) is 26.1 Å². The molecule has 0 aromatic heterocycles. The summed E-state index contributed by atoms with van der Waals surface area (Å²) in [4.78, 5) is 6.67. The van der Waals surface area contributed by atoms with E-state index in [1.54, 1.807) is 0 Å². The molecule has 0 atom stereocenters. The highest BCUT2D eigenvalue weighted by atomic mass is 127. The molecular weight excluding hydrogens is 365 g/mol. The summed E-state index contributed by atoms with van der Waals surface area (Å²) >= 11 is 0. The zero-order valence-corrected chi connectivity index (χ0v) is 14.8. The molecule has 1 saturated heterocycles. The average Bonchev–Trinajstić information content (AvgIpc) is 2.37. The lowest BCUT2D eigenvalue weighted by Crippen LogP contribution is -2.50. The van der Waals surface area contributed by atoms with Gasteiger partial charge in [0.15, 0.2) is 5.96 Å². The van der Waals surface area contributed by atoms with E-state index >= 15 is 0 Å². The topological polar surface area (TPSA) is 36.9 Å². The van der Waals surface area contributed by atoms with Crippen LogP contribution < -0.4 is 5.32 Å². The van der Waals surface area contributed by atoms with E-state index in [2.05, 4.69) is 29.4 Å². The van der Waals surface area contributed by atoms with Crippen LogP contribution in [0.4, 0.5) is 0 Å². The summed E-state index contributed by atoms with van der Waals surface area (Å²) in [5.74, 6) is 0.928. The van der Waals surface area contributed by atoms with E-state index < -0.39 is 0 Å². The second-order valence-electron chi connectivity index (χ2n) is 5.68. The Morgan fingerprint density at radius 3 is 2.45 bits per heavy atom. The van der Waals surface area contributed by atoms with Gasteiger partial charge in [-0.2, -0.15) is 0 Å². The van der Waals surface area contributed by atoms with E-state index in [1.165, 1.54) is 5.56 Å². The fraction of sp³-hybridized carbons (Fsp3) is 0.533. The highest BCUT2D eigenvalue weighted by Gasteiger charge is 2.33. The average molecular weight is 389 g/mol. The van der Waals surface area contributed by atoms with Crippen LogP contribution in [0.3, 0.4) is 0 Å². The largest absolute Gasteiger partial charge is 0.380 e. The zero-order valence-electron chi connectivity index (χ0n) is 12.4. The number of benzene rings is 1. The summed E-state index contributed by atoms with van der Waals surface area (Å²) in [5.41, 5.74) is 1.48. The molecule has 1 aliphatic heterocycles. The maximum absolute atomic E-state index is 5.27. The minimum Gasteiger partial charge on any atom is -0.380 e. The van der Waals surface area contributed by atoms with Gasteiger partial charge < -0.3 is 15.0 Å². The van der Waals surface area contributed by atoms with Gasteiger partial charge >= 0.3 is 0 Å². The van der Waals surface area contributed by atoms with Crippen molar-refractivity contribution in [1.29, 1.82) is 0 Å². The number of aliphatic imine (C=N–C) groups is 1. The molecule has 1 aromatic rings. The fourth-order valence-corrected chi connectivity index (χ4v) is 1.95. The van der Waals surface area contributed by atoms with Crippen LogP contribution in [-0.2, 0) is 11.3 Å². The van der Waals surface area contributed by atoms with Gasteiger partial charge in [-0.05, 0) is 5.56 Å². The maximum atomic E-state index is 5.27. The Balaban J connectivity index is 0.00000200. The van der Waals surface area contributed by atoms with Crippen molar-refractivity contribution >= 4 is 29.9 Å². The molecule has 0 spiro atoms. The van der Waals surface area contributed by atoms with Crippen LogP contribution in [0.2, 0.25) is 0 Å². The highest BCUT2D eigenvalue weighted by molar-refractivity contribution is 14.0. The summed E-state index contributed by atoms with van der Waals surface area (Å²) in [5, 5.41) is 3.43. The van der Waals surface area contributed by atoms with Crippen molar-refractivity contribution < 1.29 is 4.74 Å². The van der Waals surface area contributed by atoms with Crippen molar-refractivity contribution in [2.24, 2.45) is 10.4 Å². The van der Waals surface area contributed by atoms with Crippen LogP contribution in [0.25, 0.3) is 0 Å². The van der Waals surface area contributed by atoms with Crippen LogP contribution in [-0.4, -0.2) is 44.7 Å². The number of ether oxygens (including phenoxy) is 1. The molecular formula is C15H24IN3O. The van der Waals surface area contributed by atoms with Gasteiger partial charge in [-0.15, -0.1) is 24.0 Å². The molecule has 1 aromatic carbocycles. The minimum absolute atomic E-state index is 0. The Morgan fingerprint density at radius 2 is 1.95 bits per heavy atom. The predicted molar refractivity (Wildman–Crippen MR) is 93.6 cm³/mol. The number of hydrogen-bond donors (Lipinski definition) is 1. The van der Waals surface area contributed by atoms with Gasteiger partial charge in [0.2, 0.25) is 0 Å². The van der Waals surface area contributed by atoms with Gasteiger partial charge in [0.05, 0.1) is 19.8 Å². The monoisotopic (exact) mass is 389 g/mol. The van der Waals surface area contributed by atoms with Crippen molar-refractivity contribution in [1.82, 2.24) is 10.2 Å². The second kappa shape index (κ2) is 7.83. The van der Waals surface area contributed by atoms with Gasteiger partial charge in [0.25, 0.3) is 0 Å². The molecule has 0 bridgehead atoms. The molecule has 112 valence electrons. The van der Waals surface area contributed by atoms with Crippen molar-refractivity contribution in [3.8, 4) is 0 Å². The molecule has 0 radical (unpaired) electrons. The van der Waals surface area contributed by atoms with E-state index in [-0.39, 0.29) is 29.4 Å². The molecule has 1 heterocycles. The van der Waals surface area contributed by atoms with Gasteiger partial charge in [0.1, 0.15) is 0 Å². The third-order valence-corrected chi connectivity index (χ3v) is 3.25. The number of nitrogens with one attached hydrogen (secondary N) is 1. The van der Waals surface area contributed by atoms with Crippen LogP contribution >= 0.6 is 24.0 Å². The zero-order chi connectivity index (χ0) is 13.7. The predicted octanol–water partition coefficient (Wildman–Crippen LogP) is 2.35. The molecule has 1 fully saturated rings. The summed E-state index contributed by atoms with van der Waals surface area (Å²) in [6, 6.07) is 10.3. The first kappa shape index (κ1) is 17.2. The first-order chi connectivity index (χ1) is 9.09. The Hall–Kier alpha value is -0.820. The standard InChI is InChI=1S/C15H23N3O.HI/c1-15(11-19-12-15)10-17-14(18(2)3)16-9-13-7-5-4-6-8-13;/h4-8H,9-12H2,1-3H3,(H,16,17);1H. The Kier molecular flexibility index (Phi) is 6.75. The third kappa shape index (κ3) is 4.94. The Bertz CT molecular complexity index is 430. The smallest absolute Gasteiger partial charge is 0.193 e. The molecule has 0 amide bonds. The molecule has 0 saturated carbocycles. The quantitative estimate of drug-likeness (QED) is 0.488. The van der Waals surface area contributed by atoms with E-state index in [1.807, 2.05) is 37.2 Å². The molecule has 4 nitrogen and oxygen atoms in total. The lowest BCUT2D eigenvalue weighted by molar-refractivity contribution is -0.0972. The van der Waals surface area contributed by atoms with Crippen LogP contribution in [0.5, 0.6) is 0 Å². The van der Waals surface area contributed by atoms with E-state index in [0.29, 0.717) is 6.54 Å². The molecule has 2 rings (SSSR count). The molecule has 20 heavy (non-hydrogen) atoms.